The standard InChI is InChI=1S/C19H25N5O/c1-15-20-9-14-24(15)11-4-10-23-12-7-19(8-13-23)18(25)21-16-5-2-3-6-17(16)22-19/h2-3,5-6,9,14,22H,4,7-8,10-13H2,1H3,(H,21,25). The minimum atomic E-state index is -0.453. The average Bonchev–Trinajstić information content (AvgIpc) is 3.03. The molecule has 1 saturated heterocycles. The molecule has 0 bridgehead atoms. The van der Waals surface area contributed by atoms with Crippen LogP contribution in [-0.4, -0.2) is 45.5 Å². The molecule has 0 radical (unpaired) electrons. The van der Waals surface area contributed by atoms with Gasteiger partial charge >= 0.3 is 0 Å². The van der Waals surface area contributed by atoms with Crippen molar-refractivity contribution < 1.29 is 4.79 Å². The third-order valence-electron chi connectivity index (χ3n) is 5.49. The van der Waals surface area contributed by atoms with Crippen molar-refractivity contribution in [3.8, 4) is 0 Å². The van der Waals surface area contributed by atoms with E-state index in [4.69, 9.17) is 0 Å². The Labute approximate surface area is 148 Å². The van der Waals surface area contributed by atoms with Gasteiger partial charge in [0.1, 0.15) is 11.4 Å². The molecule has 2 aromatic rings. The van der Waals surface area contributed by atoms with Gasteiger partial charge in [-0.05, 0) is 44.9 Å². The van der Waals surface area contributed by atoms with Crippen LogP contribution in [-0.2, 0) is 11.3 Å². The maximum Gasteiger partial charge on any atom is 0.250 e. The molecule has 1 aromatic carbocycles. The number of aryl methyl sites for hydroxylation is 2. The van der Waals surface area contributed by atoms with E-state index < -0.39 is 5.54 Å². The summed E-state index contributed by atoms with van der Waals surface area (Å²) in [5.41, 5.74) is 1.47. The summed E-state index contributed by atoms with van der Waals surface area (Å²) in [5, 5.41) is 6.59. The topological polar surface area (TPSA) is 62.2 Å². The predicted molar refractivity (Wildman–Crippen MR) is 98.7 cm³/mol. The van der Waals surface area contributed by atoms with Crippen molar-refractivity contribution >= 4 is 17.3 Å². The van der Waals surface area contributed by atoms with E-state index in [1.54, 1.807) is 0 Å². The van der Waals surface area contributed by atoms with Gasteiger partial charge in [-0.2, -0.15) is 0 Å². The molecule has 1 fully saturated rings. The number of piperidine rings is 1. The second-order valence-corrected chi connectivity index (χ2v) is 7.07. The number of benzene rings is 1. The molecular weight excluding hydrogens is 314 g/mol. The van der Waals surface area contributed by atoms with Gasteiger partial charge in [-0.15, -0.1) is 0 Å². The van der Waals surface area contributed by atoms with E-state index in [2.05, 4.69) is 25.1 Å². The number of hydrogen-bond donors (Lipinski definition) is 2. The van der Waals surface area contributed by atoms with Gasteiger partial charge in [-0.3, -0.25) is 4.79 Å². The van der Waals surface area contributed by atoms with Crippen molar-refractivity contribution in [3.63, 3.8) is 0 Å². The van der Waals surface area contributed by atoms with Crippen LogP contribution in [0.3, 0.4) is 0 Å². The van der Waals surface area contributed by atoms with Crippen molar-refractivity contribution in [1.29, 1.82) is 0 Å². The molecule has 1 spiro atoms. The second kappa shape index (κ2) is 6.52. The number of likely N-dealkylation sites (tertiary alicyclic amines) is 1. The third-order valence-corrected chi connectivity index (χ3v) is 5.49. The number of aromatic nitrogens is 2. The molecule has 0 aliphatic carbocycles. The Bertz CT molecular complexity index is 761. The number of nitrogens with one attached hydrogen (secondary N) is 2. The lowest BCUT2D eigenvalue weighted by molar-refractivity contribution is -0.122. The molecule has 132 valence electrons. The number of nitrogens with zero attached hydrogens (tertiary/aromatic N) is 3. The highest BCUT2D eigenvalue weighted by atomic mass is 16.2. The molecule has 6 heteroatoms. The number of carbonyl (C=O) groups is 1. The first-order valence-corrected chi connectivity index (χ1v) is 9.05. The molecular formula is C19H25N5O. The molecule has 2 aliphatic rings. The lowest BCUT2D eigenvalue weighted by Gasteiger charge is -2.44. The van der Waals surface area contributed by atoms with Gasteiger partial charge in [-0.25, -0.2) is 4.98 Å². The summed E-state index contributed by atoms with van der Waals surface area (Å²) in [7, 11) is 0. The average molecular weight is 339 g/mol. The zero-order valence-corrected chi connectivity index (χ0v) is 14.7. The quantitative estimate of drug-likeness (QED) is 0.898. The van der Waals surface area contributed by atoms with Crippen molar-refractivity contribution in [1.82, 2.24) is 14.5 Å². The Kier molecular flexibility index (Phi) is 4.21. The summed E-state index contributed by atoms with van der Waals surface area (Å²) in [4.78, 5) is 19.4. The Hall–Kier alpha value is -2.34. The third kappa shape index (κ3) is 3.14. The number of amides is 1. The van der Waals surface area contributed by atoms with Gasteiger partial charge in [-0.1, -0.05) is 12.1 Å². The van der Waals surface area contributed by atoms with E-state index in [0.717, 1.165) is 62.6 Å². The van der Waals surface area contributed by atoms with Gasteiger partial charge in [0.2, 0.25) is 5.91 Å². The fraction of sp³-hybridized carbons (Fsp3) is 0.474. The Morgan fingerprint density at radius 2 is 1.92 bits per heavy atom. The van der Waals surface area contributed by atoms with Gasteiger partial charge in [0, 0.05) is 32.0 Å². The summed E-state index contributed by atoms with van der Waals surface area (Å²) in [6, 6.07) is 7.93. The van der Waals surface area contributed by atoms with Crippen LogP contribution in [0.15, 0.2) is 36.7 Å². The first-order valence-electron chi connectivity index (χ1n) is 9.05. The van der Waals surface area contributed by atoms with Gasteiger partial charge in [0.05, 0.1) is 11.4 Å². The largest absolute Gasteiger partial charge is 0.369 e. The molecule has 1 aromatic heterocycles. The van der Waals surface area contributed by atoms with Crippen LogP contribution in [0.1, 0.15) is 25.1 Å². The van der Waals surface area contributed by atoms with Crippen LogP contribution < -0.4 is 10.6 Å². The second-order valence-electron chi connectivity index (χ2n) is 7.07. The normalized spacial score (nSPS) is 19.3. The zero-order chi connectivity index (χ0) is 17.3. The molecule has 1 amide bonds. The fourth-order valence-corrected chi connectivity index (χ4v) is 3.87. The van der Waals surface area contributed by atoms with E-state index in [1.165, 1.54) is 0 Å². The highest BCUT2D eigenvalue weighted by molar-refractivity contribution is 6.06. The molecule has 2 aliphatic heterocycles. The summed E-state index contributed by atoms with van der Waals surface area (Å²) >= 11 is 0. The summed E-state index contributed by atoms with van der Waals surface area (Å²) in [6.45, 7) is 6.00. The van der Waals surface area contributed by atoms with E-state index in [1.807, 2.05) is 43.6 Å². The zero-order valence-electron chi connectivity index (χ0n) is 14.7. The first kappa shape index (κ1) is 16.1. The van der Waals surface area contributed by atoms with Crippen LogP contribution in [0.25, 0.3) is 0 Å². The van der Waals surface area contributed by atoms with Crippen molar-refractivity contribution in [3.05, 3.63) is 42.5 Å². The van der Waals surface area contributed by atoms with E-state index in [0.29, 0.717) is 0 Å². The number of hydrogen-bond acceptors (Lipinski definition) is 4. The summed E-state index contributed by atoms with van der Waals surface area (Å²) in [5.74, 6) is 1.18. The van der Waals surface area contributed by atoms with Crippen LogP contribution in [0.5, 0.6) is 0 Å². The Balaban J connectivity index is 1.32. The van der Waals surface area contributed by atoms with Crippen LogP contribution >= 0.6 is 0 Å². The molecule has 4 rings (SSSR count). The molecule has 0 unspecified atom stereocenters. The number of anilines is 2. The predicted octanol–water partition coefficient (Wildman–Crippen LogP) is 2.48. The maximum absolute atomic E-state index is 12.6. The van der Waals surface area contributed by atoms with Crippen molar-refractivity contribution in [2.75, 3.05) is 30.3 Å². The minimum absolute atomic E-state index is 0.111. The smallest absolute Gasteiger partial charge is 0.250 e. The number of para-hydroxylation sites is 2. The van der Waals surface area contributed by atoms with Crippen molar-refractivity contribution in [2.45, 2.75) is 38.3 Å². The highest BCUT2D eigenvalue weighted by Gasteiger charge is 2.44. The van der Waals surface area contributed by atoms with E-state index in [9.17, 15) is 4.79 Å². The van der Waals surface area contributed by atoms with Gasteiger partial charge in [0.25, 0.3) is 0 Å². The van der Waals surface area contributed by atoms with E-state index in [-0.39, 0.29) is 5.91 Å². The number of rotatable bonds is 4. The molecule has 0 atom stereocenters. The van der Waals surface area contributed by atoms with Crippen LogP contribution in [0.2, 0.25) is 0 Å². The van der Waals surface area contributed by atoms with Crippen molar-refractivity contribution in [2.24, 2.45) is 0 Å². The molecule has 6 nitrogen and oxygen atoms in total. The SMILES string of the molecule is Cc1nccn1CCCN1CCC2(CC1)Nc1ccccc1NC2=O. The molecule has 3 heterocycles. The minimum Gasteiger partial charge on any atom is -0.369 e. The maximum atomic E-state index is 12.6. The molecule has 25 heavy (non-hydrogen) atoms. The van der Waals surface area contributed by atoms with Gasteiger partial charge in [0.15, 0.2) is 0 Å². The lowest BCUT2D eigenvalue weighted by atomic mass is 9.84. The lowest BCUT2D eigenvalue weighted by Crippen LogP contribution is -2.58. The summed E-state index contributed by atoms with van der Waals surface area (Å²) < 4.78 is 2.19. The number of fused-ring (bicyclic) bond motifs is 1. The molecule has 0 saturated carbocycles. The number of imidazole rings is 1. The highest BCUT2D eigenvalue weighted by Crippen LogP contribution is 2.36. The fourth-order valence-electron chi connectivity index (χ4n) is 3.87. The monoisotopic (exact) mass is 339 g/mol. The summed E-state index contributed by atoms with van der Waals surface area (Å²) in [6.07, 6.45) is 6.68. The Morgan fingerprint density at radius 1 is 1.16 bits per heavy atom. The van der Waals surface area contributed by atoms with Crippen LogP contribution in [0, 0.1) is 6.92 Å². The molecule has 2 N–H and O–H groups in total. The van der Waals surface area contributed by atoms with Crippen LogP contribution in [0.4, 0.5) is 11.4 Å². The Morgan fingerprint density at radius 3 is 2.64 bits per heavy atom. The number of carbonyl (C=O) groups excluding carboxylic acids is 1. The van der Waals surface area contributed by atoms with Gasteiger partial charge < -0.3 is 20.1 Å². The first-order chi connectivity index (χ1) is 12.2. The van der Waals surface area contributed by atoms with E-state index >= 15 is 0 Å².